The van der Waals surface area contributed by atoms with E-state index in [4.69, 9.17) is 11.0 Å². The predicted molar refractivity (Wildman–Crippen MR) is 76.6 cm³/mol. The van der Waals surface area contributed by atoms with Gasteiger partial charge in [-0.15, -0.1) is 11.3 Å². The summed E-state index contributed by atoms with van der Waals surface area (Å²) in [6.07, 6.45) is 0. The highest BCUT2D eigenvalue weighted by atomic mass is 32.1. The first-order valence-electron chi connectivity index (χ1n) is 5.72. The summed E-state index contributed by atoms with van der Waals surface area (Å²) < 4.78 is 1.48. The number of carbonyl (C=O) groups is 1. The maximum Gasteiger partial charge on any atom is 0.274 e. The number of amides is 1. The number of rotatable bonds is 2. The molecule has 0 fully saturated rings. The van der Waals surface area contributed by atoms with Gasteiger partial charge in [-0.1, -0.05) is 0 Å². The lowest BCUT2D eigenvalue weighted by Gasteiger charge is -2.04. The van der Waals surface area contributed by atoms with Crippen molar-refractivity contribution in [2.45, 2.75) is 0 Å². The number of nitrogens with one attached hydrogen (secondary N) is 1. The second kappa shape index (κ2) is 4.68. The summed E-state index contributed by atoms with van der Waals surface area (Å²) >= 11 is 1.28. The van der Waals surface area contributed by atoms with Gasteiger partial charge in [0.25, 0.3) is 5.91 Å². The molecule has 98 valence electrons. The van der Waals surface area contributed by atoms with E-state index < -0.39 is 0 Å². The van der Waals surface area contributed by atoms with Crippen LogP contribution in [0.5, 0.6) is 0 Å². The molecule has 0 saturated carbocycles. The summed E-state index contributed by atoms with van der Waals surface area (Å²) in [5, 5.41) is 17.5. The maximum atomic E-state index is 12.2. The SMILES string of the molecule is N#Cc1sccc1NC(=O)c1ccc2ccc(N)nn12. The van der Waals surface area contributed by atoms with Crippen LogP contribution in [-0.2, 0) is 0 Å². The van der Waals surface area contributed by atoms with Crippen LogP contribution in [0.2, 0.25) is 0 Å². The zero-order valence-electron chi connectivity index (χ0n) is 10.2. The fourth-order valence-corrected chi connectivity index (χ4v) is 2.49. The monoisotopic (exact) mass is 283 g/mol. The Bertz CT molecular complexity index is 842. The lowest BCUT2D eigenvalue weighted by atomic mass is 10.3. The number of thiophene rings is 1. The molecular weight excluding hydrogens is 274 g/mol. The van der Waals surface area contributed by atoms with E-state index in [-0.39, 0.29) is 5.91 Å². The molecule has 0 aliphatic rings. The van der Waals surface area contributed by atoms with Crippen molar-refractivity contribution in [2.24, 2.45) is 0 Å². The molecule has 3 aromatic heterocycles. The van der Waals surface area contributed by atoms with E-state index in [1.54, 1.807) is 35.7 Å². The smallest absolute Gasteiger partial charge is 0.274 e. The van der Waals surface area contributed by atoms with Gasteiger partial charge in [0.2, 0.25) is 0 Å². The summed E-state index contributed by atoms with van der Waals surface area (Å²) in [6.45, 7) is 0. The van der Waals surface area contributed by atoms with Crippen molar-refractivity contribution in [1.29, 1.82) is 5.26 Å². The van der Waals surface area contributed by atoms with Crippen LogP contribution in [0.4, 0.5) is 11.5 Å². The zero-order valence-corrected chi connectivity index (χ0v) is 11.0. The molecule has 1 amide bonds. The molecule has 20 heavy (non-hydrogen) atoms. The number of nitrogens with two attached hydrogens (primary N) is 1. The maximum absolute atomic E-state index is 12.2. The molecule has 0 aliphatic carbocycles. The van der Waals surface area contributed by atoms with Crippen LogP contribution in [-0.4, -0.2) is 15.5 Å². The molecule has 3 N–H and O–H groups in total. The van der Waals surface area contributed by atoms with E-state index in [0.29, 0.717) is 22.1 Å². The van der Waals surface area contributed by atoms with E-state index >= 15 is 0 Å². The van der Waals surface area contributed by atoms with Crippen LogP contribution in [0.1, 0.15) is 15.4 Å². The highest BCUT2D eigenvalue weighted by Gasteiger charge is 2.14. The Balaban J connectivity index is 1.97. The fourth-order valence-electron chi connectivity index (χ4n) is 1.85. The first kappa shape index (κ1) is 12.2. The number of nitrogen functional groups attached to an aromatic ring is 1. The van der Waals surface area contributed by atoms with Gasteiger partial charge in [0, 0.05) is 0 Å². The fraction of sp³-hybridized carbons (Fsp3) is 0. The number of fused-ring (bicyclic) bond motifs is 1. The molecule has 3 heterocycles. The van der Waals surface area contributed by atoms with Gasteiger partial charge in [0.1, 0.15) is 22.5 Å². The summed E-state index contributed by atoms with van der Waals surface area (Å²) in [5.41, 5.74) is 7.27. The summed E-state index contributed by atoms with van der Waals surface area (Å²) in [7, 11) is 0. The molecule has 0 aliphatic heterocycles. The van der Waals surface area contributed by atoms with Gasteiger partial charge in [-0.3, -0.25) is 4.79 Å². The van der Waals surface area contributed by atoms with Crippen molar-refractivity contribution < 1.29 is 4.79 Å². The number of anilines is 2. The second-order valence-corrected chi connectivity index (χ2v) is 4.96. The molecule has 7 heteroatoms. The van der Waals surface area contributed by atoms with Crippen molar-refractivity contribution in [3.63, 3.8) is 0 Å². The predicted octanol–water partition coefficient (Wildman–Crippen LogP) is 2.10. The van der Waals surface area contributed by atoms with Crippen molar-refractivity contribution >= 4 is 34.3 Å². The Hall–Kier alpha value is -2.85. The Morgan fingerprint density at radius 1 is 1.35 bits per heavy atom. The average molecular weight is 283 g/mol. The lowest BCUT2D eigenvalue weighted by Crippen LogP contribution is -2.15. The molecule has 0 spiro atoms. The van der Waals surface area contributed by atoms with Gasteiger partial charge >= 0.3 is 0 Å². The summed E-state index contributed by atoms with van der Waals surface area (Å²) in [6, 6.07) is 10.6. The molecule has 0 radical (unpaired) electrons. The molecule has 3 aromatic rings. The topological polar surface area (TPSA) is 96.2 Å². The number of nitrogens with zero attached hydrogens (tertiary/aromatic N) is 3. The van der Waals surface area contributed by atoms with Gasteiger partial charge in [-0.25, -0.2) is 4.52 Å². The Kier molecular flexibility index (Phi) is 2.85. The molecule has 0 unspecified atom stereocenters. The van der Waals surface area contributed by atoms with Crippen LogP contribution in [0.25, 0.3) is 5.52 Å². The minimum Gasteiger partial charge on any atom is -0.382 e. The van der Waals surface area contributed by atoms with Gasteiger partial charge in [0.05, 0.1) is 11.2 Å². The number of aromatic nitrogens is 2. The number of nitriles is 1. The third-order valence-corrected chi connectivity index (χ3v) is 3.59. The summed E-state index contributed by atoms with van der Waals surface area (Å²) in [5.74, 6) is -0.00556. The molecule has 0 bridgehead atoms. The van der Waals surface area contributed by atoms with Crippen LogP contribution in [0, 0.1) is 11.3 Å². The third-order valence-electron chi connectivity index (χ3n) is 2.77. The Morgan fingerprint density at radius 2 is 2.15 bits per heavy atom. The van der Waals surface area contributed by atoms with Crippen molar-refractivity contribution in [3.8, 4) is 6.07 Å². The van der Waals surface area contributed by atoms with E-state index in [1.807, 2.05) is 6.07 Å². The Morgan fingerprint density at radius 3 is 2.95 bits per heavy atom. The number of hydrogen-bond donors (Lipinski definition) is 2. The van der Waals surface area contributed by atoms with E-state index in [1.165, 1.54) is 15.9 Å². The summed E-state index contributed by atoms with van der Waals surface area (Å²) in [4.78, 5) is 12.7. The Labute approximate surface area is 118 Å². The average Bonchev–Trinajstić information content (AvgIpc) is 3.04. The van der Waals surface area contributed by atoms with E-state index in [0.717, 1.165) is 5.52 Å². The number of hydrogen-bond acceptors (Lipinski definition) is 5. The van der Waals surface area contributed by atoms with Gasteiger partial charge in [-0.2, -0.15) is 10.4 Å². The van der Waals surface area contributed by atoms with Crippen LogP contribution in [0.3, 0.4) is 0 Å². The van der Waals surface area contributed by atoms with Gasteiger partial charge < -0.3 is 11.1 Å². The standard InChI is InChI=1S/C13H9N5OS/c14-7-11-9(5-6-20-11)16-13(19)10-3-1-8-2-4-12(15)17-18(8)10/h1-6H,(H2,15,17)(H,16,19). The zero-order chi connectivity index (χ0) is 14.1. The van der Waals surface area contributed by atoms with Crippen molar-refractivity contribution in [2.75, 3.05) is 11.1 Å². The minimum absolute atomic E-state index is 0.330. The first-order valence-corrected chi connectivity index (χ1v) is 6.60. The molecule has 6 nitrogen and oxygen atoms in total. The van der Waals surface area contributed by atoms with Gasteiger partial charge in [0.15, 0.2) is 0 Å². The quantitative estimate of drug-likeness (QED) is 0.752. The molecule has 3 rings (SSSR count). The number of carbonyl (C=O) groups excluding carboxylic acids is 1. The lowest BCUT2D eigenvalue weighted by molar-refractivity contribution is 0.102. The highest BCUT2D eigenvalue weighted by Crippen LogP contribution is 2.22. The van der Waals surface area contributed by atoms with E-state index in [9.17, 15) is 4.79 Å². The normalized spacial score (nSPS) is 10.3. The van der Waals surface area contributed by atoms with E-state index in [2.05, 4.69) is 10.4 Å². The first-order chi connectivity index (χ1) is 9.69. The van der Waals surface area contributed by atoms with Crippen molar-refractivity contribution in [3.05, 3.63) is 46.3 Å². The minimum atomic E-state index is -0.335. The molecular formula is C13H9N5OS. The van der Waals surface area contributed by atoms with Crippen molar-refractivity contribution in [1.82, 2.24) is 9.61 Å². The third kappa shape index (κ3) is 1.98. The van der Waals surface area contributed by atoms with Crippen LogP contribution < -0.4 is 11.1 Å². The van der Waals surface area contributed by atoms with Crippen LogP contribution in [0.15, 0.2) is 35.7 Å². The molecule has 0 atom stereocenters. The van der Waals surface area contributed by atoms with Crippen LogP contribution >= 0.6 is 11.3 Å². The highest BCUT2D eigenvalue weighted by molar-refractivity contribution is 7.11. The largest absolute Gasteiger partial charge is 0.382 e. The second-order valence-electron chi connectivity index (χ2n) is 4.04. The molecule has 0 aromatic carbocycles. The molecule has 0 saturated heterocycles. The van der Waals surface area contributed by atoms with Gasteiger partial charge in [-0.05, 0) is 35.7 Å².